The summed E-state index contributed by atoms with van der Waals surface area (Å²) in [4.78, 5) is 0. The van der Waals surface area contributed by atoms with Crippen molar-refractivity contribution >= 4 is 15.9 Å². The van der Waals surface area contributed by atoms with Gasteiger partial charge in [-0.2, -0.15) is 5.26 Å². The number of hydrogen-bond acceptors (Lipinski definition) is 2. The molecule has 0 radical (unpaired) electrons. The van der Waals surface area contributed by atoms with Crippen molar-refractivity contribution in [2.24, 2.45) is 5.73 Å². The molecule has 0 atom stereocenters. The number of nitrogens with two attached hydrogens (primary N) is 1. The van der Waals surface area contributed by atoms with Gasteiger partial charge in [0.25, 0.3) is 0 Å². The third-order valence-electron chi connectivity index (χ3n) is 1.48. The lowest BCUT2D eigenvalue weighted by Crippen LogP contribution is -2.00. The van der Waals surface area contributed by atoms with Crippen molar-refractivity contribution in [3.05, 3.63) is 33.5 Å². The number of benzene rings is 1. The number of nitriles is 1. The van der Waals surface area contributed by atoms with Crippen molar-refractivity contribution < 1.29 is 4.39 Å². The molecule has 0 spiro atoms. The van der Waals surface area contributed by atoms with Crippen LogP contribution < -0.4 is 5.73 Å². The summed E-state index contributed by atoms with van der Waals surface area (Å²) >= 11 is 3.07. The number of nitrogens with zero attached hydrogens (tertiary/aromatic N) is 1. The highest BCUT2D eigenvalue weighted by Gasteiger charge is 2.05. The smallest absolute Gasteiger partial charge is 0.128 e. The molecule has 0 saturated carbocycles. The lowest BCUT2D eigenvalue weighted by atomic mass is 10.1. The first kappa shape index (κ1) is 9.17. The maximum Gasteiger partial charge on any atom is 0.128 e. The van der Waals surface area contributed by atoms with Crippen molar-refractivity contribution in [3.63, 3.8) is 0 Å². The van der Waals surface area contributed by atoms with Gasteiger partial charge < -0.3 is 5.73 Å². The summed E-state index contributed by atoms with van der Waals surface area (Å²) in [5.74, 6) is -0.386. The van der Waals surface area contributed by atoms with Gasteiger partial charge in [-0.15, -0.1) is 0 Å². The molecule has 0 unspecified atom stereocenters. The lowest BCUT2D eigenvalue weighted by molar-refractivity contribution is 0.609. The summed E-state index contributed by atoms with van der Waals surface area (Å²) in [5, 5.41) is 8.59. The van der Waals surface area contributed by atoms with E-state index in [1.54, 1.807) is 0 Å². The molecule has 2 nitrogen and oxygen atoms in total. The molecule has 0 aliphatic heterocycles. The summed E-state index contributed by atoms with van der Waals surface area (Å²) < 4.78 is 13.4. The maximum absolute atomic E-state index is 12.9. The fourth-order valence-corrected chi connectivity index (χ4v) is 1.24. The molecule has 2 N–H and O–H groups in total. The van der Waals surface area contributed by atoms with E-state index in [9.17, 15) is 4.39 Å². The average Bonchev–Trinajstić information content (AvgIpc) is 2.05. The van der Waals surface area contributed by atoms with Crippen LogP contribution in [-0.2, 0) is 6.54 Å². The van der Waals surface area contributed by atoms with Gasteiger partial charge in [-0.3, -0.25) is 0 Å². The molecule has 0 amide bonds. The first-order valence-corrected chi connectivity index (χ1v) is 4.06. The molecule has 1 rings (SSSR count). The van der Waals surface area contributed by atoms with E-state index < -0.39 is 0 Å². The Kier molecular flexibility index (Phi) is 2.79. The monoisotopic (exact) mass is 228 g/mol. The van der Waals surface area contributed by atoms with E-state index in [4.69, 9.17) is 11.0 Å². The Labute approximate surface area is 77.9 Å². The predicted octanol–water partition coefficient (Wildman–Crippen LogP) is 1.92. The van der Waals surface area contributed by atoms with E-state index >= 15 is 0 Å². The molecule has 0 saturated heterocycles. The first-order chi connectivity index (χ1) is 5.69. The molecule has 0 aromatic heterocycles. The minimum atomic E-state index is -0.386. The third kappa shape index (κ3) is 1.63. The van der Waals surface area contributed by atoms with Gasteiger partial charge in [-0.1, -0.05) is 0 Å². The van der Waals surface area contributed by atoms with E-state index in [1.165, 1.54) is 12.1 Å². The lowest BCUT2D eigenvalue weighted by Gasteiger charge is -2.01. The molecule has 0 heterocycles. The van der Waals surface area contributed by atoms with Crippen LogP contribution in [0.2, 0.25) is 0 Å². The van der Waals surface area contributed by atoms with Crippen LogP contribution in [-0.4, -0.2) is 0 Å². The second kappa shape index (κ2) is 3.65. The van der Waals surface area contributed by atoms with Gasteiger partial charge in [0.1, 0.15) is 11.9 Å². The molecule has 1 aromatic rings. The Bertz CT molecular complexity index is 344. The van der Waals surface area contributed by atoms with E-state index in [1.807, 2.05) is 6.07 Å². The van der Waals surface area contributed by atoms with Crippen LogP contribution in [0.1, 0.15) is 11.1 Å². The van der Waals surface area contributed by atoms with Crippen molar-refractivity contribution in [1.82, 2.24) is 0 Å². The van der Waals surface area contributed by atoms with Gasteiger partial charge in [0.15, 0.2) is 0 Å². The highest BCUT2D eigenvalue weighted by Crippen LogP contribution is 2.20. The summed E-state index contributed by atoms with van der Waals surface area (Å²) in [6, 6.07) is 4.62. The number of rotatable bonds is 1. The average molecular weight is 229 g/mol. The van der Waals surface area contributed by atoms with Crippen LogP contribution in [0.15, 0.2) is 16.6 Å². The van der Waals surface area contributed by atoms with Crippen LogP contribution in [0, 0.1) is 17.1 Å². The van der Waals surface area contributed by atoms with Crippen molar-refractivity contribution in [3.8, 4) is 6.07 Å². The van der Waals surface area contributed by atoms with Crippen molar-refractivity contribution in [2.45, 2.75) is 6.54 Å². The minimum Gasteiger partial charge on any atom is -0.326 e. The zero-order valence-corrected chi connectivity index (χ0v) is 7.73. The zero-order valence-electron chi connectivity index (χ0n) is 6.14. The largest absolute Gasteiger partial charge is 0.326 e. The predicted molar refractivity (Wildman–Crippen MR) is 46.7 cm³/mol. The van der Waals surface area contributed by atoms with E-state index in [-0.39, 0.29) is 12.4 Å². The number of halogens is 2. The molecule has 0 bridgehead atoms. The molecular weight excluding hydrogens is 223 g/mol. The third-order valence-corrected chi connectivity index (χ3v) is 2.13. The standard InChI is InChI=1S/C8H6BrFN2/c9-7-2-8(10)6(4-12)1-5(7)3-11/h1-2H,4,12H2. The second-order valence-electron chi connectivity index (χ2n) is 2.24. The van der Waals surface area contributed by atoms with Gasteiger partial charge in [0.05, 0.1) is 5.56 Å². The highest BCUT2D eigenvalue weighted by molar-refractivity contribution is 9.10. The summed E-state index contributed by atoms with van der Waals surface area (Å²) in [5.41, 5.74) is 6.02. The SMILES string of the molecule is N#Cc1cc(CN)c(F)cc1Br. The van der Waals surface area contributed by atoms with Crippen LogP contribution >= 0.6 is 15.9 Å². The van der Waals surface area contributed by atoms with Gasteiger partial charge in [-0.05, 0) is 28.1 Å². The molecular formula is C8H6BrFN2. The van der Waals surface area contributed by atoms with Crippen LogP contribution in [0.4, 0.5) is 4.39 Å². The van der Waals surface area contributed by atoms with Gasteiger partial charge in [0.2, 0.25) is 0 Å². The molecule has 12 heavy (non-hydrogen) atoms. The summed E-state index contributed by atoms with van der Waals surface area (Å²) in [6.07, 6.45) is 0. The Morgan fingerprint density at radius 2 is 2.25 bits per heavy atom. The molecule has 4 heteroatoms. The highest BCUT2D eigenvalue weighted by atomic mass is 79.9. The Morgan fingerprint density at radius 3 is 2.75 bits per heavy atom. The molecule has 0 fully saturated rings. The maximum atomic E-state index is 12.9. The van der Waals surface area contributed by atoms with Crippen molar-refractivity contribution in [2.75, 3.05) is 0 Å². The Morgan fingerprint density at radius 1 is 1.58 bits per heavy atom. The summed E-state index contributed by atoms with van der Waals surface area (Å²) in [6.45, 7) is 0.105. The molecule has 0 aliphatic rings. The topological polar surface area (TPSA) is 49.8 Å². The van der Waals surface area contributed by atoms with E-state index in [0.29, 0.717) is 15.6 Å². The quantitative estimate of drug-likeness (QED) is 0.799. The Hall–Kier alpha value is -0.920. The fraction of sp³-hybridized carbons (Fsp3) is 0.125. The first-order valence-electron chi connectivity index (χ1n) is 3.27. The van der Waals surface area contributed by atoms with Crippen molar-refractivity contribution in [1.29, 1.82) is 5.26 Å². The van der Waals surface area contributed by atoms with Gasteiger partial charge in [-0.25, -0.2) is 4.39 Å². The van der Waals surface area contributed by atoms with E-state index in [2.05, 4.69) is 15.9 Å². The number of hydrogen-bond donors (Lipinski definition) is 1. The minimum absolute atomic E-state index is 0.105. The van der Waals surface area contributed by atoms with Crippen LogP contribution in [0.3, 0.4) is 0 Å². The fourth-order valence-electron chi connectivity index (χ4n) is 0.836. The van der Waals surface area contributed by atoms with Gasteiger partial charge >= 0.3 is 0 Å². The summed E-state index contributed by atoms with van der Waals surface area (Å²) in [7, 11) is 0. The molecule has 62 valence electrons. The molecule has 0 aliphatic carbocycles. The van der Waals surface area contributed by atoms with Crippen LogP contribution in [0.5, 0.6) is 0 Å². The van der Waals surface area contributed by atoms with Gasteiger partial charge in [0, 0.05) is 16.6 Å². The van der Waals surface area contributed by atoms with E-state index in [0.717, 1.165) is 0 Å². The second-order valence-corrected chi connectivity index (χ2v) is 3.09. The zero-order chi connectivity index (χ0) is 9.14. The normalized spacial score (nSPS) is 9.50. The Balaban J connectivity index is 3.30. The van der Waals surface area contributed by atoms with Crippen LogP contribution in [0.25, 0.3) is 0 Å². The molecule has 1 aromatic carbocycles.